The lowest BCUT2D eigenvalue weighted by molar-refractivity contribution is 0.219. The molecule has 2 aromatic heterocycles. The van der Waals surface area contributed by atoms with Crippen molar-refractivity contribution in [3.05, 3.63) is 51.5 Å². The fourth-order valence-corrected chi connectivity index (χ4v) is 2.57. The maximum atomic E-state index is 12.3. The van der Waals surface area contributed by atoms with Gasteiger partial charge in [0.15, 0.2) is 5.65 Å². The van der Waals surface area contributed by atoms with E-state index in [-0.39, 0.29) is 11.7 Å². The zero-order chi connectivity index (χ0) is 18.8. The summed E-state index contributed by atoms with van der Waals surface area (Å²) in [6.07, 6.45) is 2.12. The average molecular weight is 376 g/mol. The van der Waals surface area contributed by atoms with E-state index in [1.54, 1.807) is 21.1 Å². The Morgan fingerprint density at radius 1 is 1.27 bits per heavy atom. The molecule has 0 saturated carbocycles. The second-order valence-corrected chi connectivity index (χ2v) is 6.38. The number of carbonyl (C=O) groups excluding carboxylic acids is 1. The SMILES string of the molecule is CN(C)C(=O)n1c(=O)n(C)c2cnc(OCCc3ccc(Cl)cc3)nc21. The zero-order valence-corrected chi connectivity index (χ0v) is 15.4. The molecule has 26 heavy (non-hydrogen) atoms. The molecule has 9 heteroatoms. The summed E-state index contributed by atoms with van der Waals surface area (Å²) in [6.45, 7) is 0.353. The largest absolute Gasteiger partial charge is 0.463 e. The molecule has 2 heterocycles. The summed E-state index contributed by atoms with van der Waals surface area (Å²) in [7, 11) is 4.70. The van der Waals surface area contributed by atoms with Crippen LogP contribution in [0.1, 0.15) is 5.56 Å². The normalized spacial score (nSPS) is 10.9. The number of carbonyl (C=O) groups is 1. The van der Waals surface area contributed by atoms with Crippen molar-refractivity contribution in [2.75, 3.05) is 20.7 Å². The second kappa shape index (κ2) is 7.17. The highest BCUT2D eigenvalue weighted by molar-refractivity contribution is 6.30. The third kappa shape index (κ3) is 3.41. The first-order valence-corrected chi connectivity index (χ1v) is 8.29. The Bertz CT molecular complexity index is 1010. The van der Waals surface area contributed by atoms with Crippen molar-refractivity contribution in [3.8, 4) is 6.01 Å². The molecule has 1 aromatic carbocycles. The molecule has 0 radical (unpaired) electrons. The van der Waals surface area contributed by atoms with Crippen molar-refractivity contribution >= 4 is 28.8 Å². The first-order chi connectivity index (χ1) is 12.4. The Hall–Kier alpha value is -2.87. The van der Waals surface area contributed by atoms with Crippen LogP contribution in [0, 0.1) is 0 Å². The maximum absolute atomic E-state index is 12.3. The van der Waals surface area contributed by atoms with E-state index >= 15 is 0 Å². The van der Waals surface area contributed by atoms with E-state index in [1.807, 2.05) is 24.3 Å². The van der Waals surface area contributed by atoms with Gasteiger partial charge in [0.1, 0.15) is 5.52 Å². The number of aromatic nitrogens is 4. The van der Waals surface area contributed by atoms with Crippen LogP contribution in [0.4, 0.5) is 4.79 Å². The number of imidazole rings is 1. The smallest absolute Gasteiger partial charge is 0.338 e. The predicted octanol–water partition coefficient (Wildman–Crippen LogP) is 1.93. The highest BCUT2D eigenvalue weighted by Gasteiger charge is 2.20. The van der Waals surface area contributed by atoms with Gasteiger partial charge in [-0.05, 0) is 17.7 Å². The second-order valence-electron chi connectivity index (χ2n) is 5.94. The number of hydrogen-bond acceptors (Lipinski definition) is 5. The molecule has 0 spiro atoms. The maximum Gasteiger partial charge on any atom is 0.338 e. The van der Waals surface area contributed by atoms with Gasteiger partial charge in [0.25, 0.3) is 0 Å². The van der Waals surface area contributed by atoms with Gasteiger partial charge in [-0.15, -0.1) is 0 Å². The van der Waals surface area contributed by atoms with Crippen molar-refractivity contribution in [2.24, 2.45) is 7.05 Å². The van der Waals surface area contributed by atoms with Crippen LogP contribution in [0.3, 0.4) is 0 Å². The van der Waals surface area contributed by atoms with Crippen molar-refractivity contribution in [3.63, 3.8) is 0 Å². The highest BCUT2D eigenvalue weighted by Crippen LogP contribution is 2.14. The number of fused-ring (bicyclic) bond motifs is 1. The lowest BCUT2D eigenvalue weighted by Crippen LogP contribution is -2.35. The fraction of sp³-hybridized carbons (Fsp3) is 0.294. The molecule has 0 atom stereocenters. The van der Waals surface area contributed by atoms with Crippen LogP contribution in [0.15, 0.2) is 35.3 Å². The fourth-order valence-electron chi connectivity index (χ4n) is 2.45. The monoisotopic (exact) mass is 375 g/mol. The topological polar surface area (TPSA) is 82.2 Å². The van der Waals surface area contributed by atoms with Gasteiger partial charge in [0, 0.05) is 32.6 Å². The first kappa shape index (κ1) is 17.9. The Morgan fingerprint density at radius 3 is 2.62 bits per heavy atom. The Labute approximate surface area is 154 Å². The first-order valence-electron chi connectivity index (χ1n) is 7.92. The number of ether oxygens (including phenoxy) is 1. The van der Waals surface area contributed by atoms with Crippen LogP contribution in [-0.4, -0.2) is 50.7 Å². The minimum absolute atomic E-state index is 0.109. The van der Waals surface area contributed by atoms with Gasteiger partial charge >= 0.3 is 17.7 Å². The van der Waals surface area contributed by atoms with Gasteiger partial charge in [0.2, 0.25) is 0 Å². The van der Waals surface area contributed by atoms with Gasteiger partial charge < -0.3 is 9.64 Å². The van der Waals surface area contributed by atoms with Crippen LogP contribution in [0.5, 0.6) is 6.01 Å². The summed E-state index contributed by atoms with van der Waals surface area (Å²) < 4.78 is 7.92. The molecule has 136 valence electrons. The molecule has 0 aliphatic rings. The molecule has 3 rings (SSSR count). The summed E-state index contributed by atoms with van der Waals surface area (Å²) in [6, 6.07) is 7.09. The standard InChI is InChI=1S/C17H18ClN5O3/c1-21(2)16(24)23-14-13(22(3)17(23)25)10-19-15(20-14)26-9-8-11-4-6-12(18)7-5-11/h4-7,10H,8-9H2,1-3H3. The van der Waals surface area contributed by atoms with Crippen molar-refractivity contribution < 1.29 is 9.53 Å². The molecule has 3 aromatic rings. The van der Waals surface area contributed by atoms with Gasteiger partial charge in [-0.2, -0.15) is 9.55 Å². The summed E-state index contributed by atoms with van der Waals surface area (Å²) in [5, 5.41) is 0.677. The van der Waals surface area contributed by atoms with E-state index in [1.165, 1.54) is 15.7 Å². The molecule has 0 saturated heterocycles. The van der Waals surface area contributed by atoms with E-state index in [0.29, 0.717) is 23.6 Å². The number of nitrogens with zero attached hydrogens (tertiary/aromatic N) is 5. The van der Waals surface area contributed by atoms with Crippen LogP contribution in [-0.2, 0) is 13.5 Å². The van der Waals surface area contributed by atoms with Gasteiger partial charge in [0.05, 0.1) is 12.8 Å². The number of benzene rings is 1. The number of hydrogen-bond donors (Lipinski definition) is 0. The van der Waals surface area contributed by atoms with Crippen molar-refractivity contribution in [1.82, 2.24) is 24.0 Å². The van der Waals surface area contributed by atoms with E-state index in [4.69, 9.17) is 16.3 Å². The molecule has 0 bridgehead atoms. The molecule has 0 aliphatic carbocycles. The van der Waals surface area contributed by atoms with Crippen LogP contribution in [0.2, 0.25) is 5.02 Å². The molecular weight excluding hydrogens is 358 g/mol. The van der Waals surface area contributed by atoms with Crippen LogP contribution < -0.4 is 10.4 Å². The van der Waals surface area contributed by atoms with E-state index in [0.717, 1.165) is 10.1 Å². The minimum atomic E-state index is -0.480. The summed E-state index contributed by atoms with van der Waals surface area (Å²) in [5.74, 6) is 0. The Kier molecular flexibility index (Phi) is 4.94. The van der Waals surface area contributed by atoms with Gasteiger partial charge in [-0.25, -0.2) is 14.6 Å². The lowest BCUT2D eigenvalue weighted by Gasteiger charge is -2.10. The molecule has 1 amide bonds. The Balaban J connectivity index is 1.84. The quantitative estimate of drug-likeness (QED) is 0.696. The molecule has 0 fully saturated rings. The third-order valence-electron chi connectivity index (χ3n) is 3.89. The summed E-state index contributed by atoms with van der Waals surface area (Å²) >= 11 is 5.86. The summed E-state index contributed by atoms with van der Waals surface area (Å²) in [4.78, 5) is 34.3. The average Bonchev–Trinajstić information content (AvgIpc) is 2.86. The molecule has 8 nitrogen and oxygen atoms in total. The van der Waals surface area contributed by atoms with Crippen molar-refractivity contribution in [1.29, 1.82) is 0 Å². The lowest BCUT2D eigenvalue weighted by atomic mass is 10.2. The van der Waals surface area contributed by atoms with Gasteiger partial charge in [-0.1, -0.05) is 23.7 Å². The van der Waals surface area contributed by atoms with E-state index < -0.39 is 11.7 Å². The molecular formula is C17H18ClN5O3. The Morgan fingerprint density at radius 2 is 1.96 bits per heavy atom. The summed E-state index contributed by atoms with van der Waals surface area (Å²) in [5.41, 5.74) is 1.25. The van der Waals surface area contributed by atoms with Gasteiger partial charge in [-0.3, -0.25) is 4.57 Å². The minimum Gasteiger partial charge on any atom is -0.463 e. The van der Waals surface area contributed by atoms with Crippen LogP contribution in [0.25, 0.3) is 11.2 Å². The zero-order valence-electron chi connectivity index (χ0n) is 14.6. The molecule has 0 N–H and O–H groups in total. The predicted molar refractivity (Wildman–Crippen MR) is 97.9 cm³/mol. The number of halogens is 1. The van der Waals surface area contributed by atoms with E-state index in [9.17, 15) is 9.59 Å². The number of aryl methyl sites for hydroxylation is 1. The molecule has 0 unspecified atom stereocenters. The van der Waals surface area contributed by atoms with Crippen LogP contribution >= 0.6 is 11.6 Å². The third-order valence-corrected chi connectivity index (χ3v) is 4.14. The number of amides is 1. The number of rotatable bonds is 4. The molecule has 0 aliphatic heterocycles. The van der Waals surface area contributed by atoms with Crippen molar-refractivity contribution in [2.45, 2.75) is 6.42 Å². The highest BCUT2D eigenvalue weighted by atomic mass is 35.5. The van der Waals surface area contributed by atoms with E-state index in [2.05, 4.69) is 9.97 Å².